The Morgan fingerprint density at radius 3 is 1.43 bits per heavy atom. The lowest BCUT2D eigenvalue weighted by Crippen LogP contribution is -2.34. The monoisotopic (exact) mass is 386 g/mol. The maximum Gasteiger partial charge on any atom is 0.272 e. The molecule has 0 radical (unpaired) electrons. The van der Waals surface area contributed by atoms with E-state index in [-0.39, 0.29) is 35.6 Å². The largest absolute Gasteiger partial charge is 0.350 e. The van der Waals surface area contributed by atoms with E-state index in [9.17, 15) is 29.8 Å². The van der Waals surface area contributed by atoms with Gasteiger partial charge in [0.2, 0.25) is 0 Å². The van der Waals surface area contributed by atoms with Gasteiger partial charge < -0.3 is 10.6 Å². The Balaban J connectivity index is 1.87. The quantitative estimate of drug-likeness (QED) is 0.424. The molecule has 0 bridgehead atoms. The molecule has 0 spiro atoms. The van der Waals surface area contributed by atoms with Gasteiger partial charge in [0.1, 0.15) is 0 Å². The van der Waals surface area contributed by atoms with Crippen LogP contribution in [0.4, 0.5) is 11.4 Å². The Bertz CT molecular complexity index is 880. The molecule has 0 aromatic heterocycles. The molecule has 2 aromatic rings. The third-order valence-electron chi connectivity index (χ3n) is 4.01. The molecule has 2 aromatic carbocycles. The molecule has 10 nitrogen and oxygen atoms in total. The fraction of sp³-hybridized carbons (Fsp3) is 0.222. The molecule has 2 amide bonds. The van der Waals surface area contributed by atoms with E-state index in [4.69, 9.17) is 0 Å². The van der Waals surface area contributed by atoms with Gasteiger partial charge in [-0.25, -0.2) is 0 Å². The van der Waals surface area contributed by atoms with Crippen molar-refractivity contribution in [1.82, 2.24) is 10.6 Å². The summed E-state index contributed by atoms with van der Waals surface area (Å²) < 4.78 is 0. The molecule has 0 saturated heterocycles. The summed E-state index contributed by atoms with van der Waals surface area (Å²) in [6.45, 7) is 3.38. The molecule has 10 heteroatoms. The molecule has 28 heavy (non-hydrogen) atoms. The van der Waals surface area contributed by atoms with Crippen LogP contribution < -0.4 is 10.6 Å². The van der Waals surface area contributed by atoms with Crippen LogP contribution in [0.2, 0.25) is 0 Å². The number of benzene rings is 2. The number of nitro benzene ring substituents is 2. The first-order chi connectivity index (χ1) is 13.2. The van der Waals surface area contributed by atoms with Crippen LogP contribution in [0.5, 0.6) is 0 Å². The fourth-order valence-electron chi connectivity index (χ4n) is 2.56. The third kappa shape index (κ3) is 4.87. The number of hydrogen-bond acceptors (Lipinski definition) is 6. The first-order valence-corrected chi connectivity index (χ1v) is 8.27. The van der Waals surface area contributed by atoms with Gasteiger partial charge in [-0.2, -0.15) is 0 Å². The zero-order valence-electron chi connectivity index (χ0n) is 15.2. The van der Waals surface area contributed by atoms with E-state index >= 15 is 0 Å². The Hall–Kier alpha value is -3.82. The summed E-state index contributed by atoms with van der Waals surface area (Å²) in [6, 6.07) is 8.10. The van der Waals surface area contributed by atoms with E-state index in [1.54, 1.807) is 13.8 Å². The SMILES string of the molecule is Cc1cc(C(=O)NCCNC(=O)c2ccc([N+](=O)[O-])c(C)c2)ccc1[N+](=O)[O-]. The van der Waals surface area contributed by atoms with Gasteiger partial charge in [0.15, 0.2) is 0 Å². The molecule has 2 rings (SSSR count). The Labute approximate surface area is 159 Å². The highest BCUT2D eigenvalue weighted by atomic mass is 16.6. The summed E-state index contributed by atoms with van der Waals surface area (Å²) in [7, 11) is 0. The van der Waals surface area contributed by atoms with Crippen LogP contribution in [0.3, 0.4) is 0 Å². The maximum atomic E-state index is 12.1. The normalized spacial score (nSPS) is 10.2. The van der Waals surface area contributed by atoms with Gasteiger partial charge in [-0.3, -0.25) is 29.8 Å². The zero-order valence-corrected chi connectivity index (χ0v) is 15.2. The average Bonchev–Trinajstić information content (AvgIpc) is 2.63. The molecular formula is C18H18N4O6. The van der Waals surface area contributed by atoms with E-state index < -0.39 is 21.7 Å². The lowest BCUT2D eigenvalue weighted by atomic mass is 10.1. The molecule has 0 saturated carbocycles. The summed E-state index contributed by atoms with van der Waals surface area (Å²) in [5.41, 5.74) is 1.17. The van der Waals surface area contributed by atoms with Crippen molar-refractivity contribution in [3.8, 4) is 0 Å². The number of nitrogens with zero attached hydrogens (tertiary/aromatic N) is 2. The molecule has 0 aliphatic rings. The van der Waals surface area contributed by atoms with Crippen molar-refractivity contribution in [2.45, 2.75) is 13.8 Å². The predicted molar refractivity (Wildman–Crippen MR) is 100 cm³/mol. The molecule has 2 N–H and O–H groups in total. The van der Waals surface area contributed by atoms with Crippen LogP contribution in [0.25, 0.3) is 0 Å². The van der Waals surface area contributed by atoms with E-state index in [0.29, 0.717) is 11.1 Å². The van der Waals surface area contributed by atoms with Crippen LogP contribution in [0, 0.1) is 34.1 Å². The molecule has 0 atom stereocenters. The summed E-state index contributed by atoms with van der Waals surface area (Å²) in [5, 5.41) is 26.8. The minimum absolute atomic E-state index is 0.0674. The second-order valence-electron chi connectivity index (χ2n) is 6.03. The molecule has 0 unspecified atom stereocenters. The number of nitro groups is 2. The predicted octanol–water partition coefficient (Wildman–Crippen LogP) is 2.28. The Morgan fingerprint density at radius 1 is 0.786 bits per heavy atom. The first-order valence-electron chi connectivity index (χ1n) is 8.27. The first kappa shape index (κ1) is 20.5. The van der Waals surface area contributed by atoms with Crippen LogP contribution in [0.15, 0.2) is 36.4 Å². The highest BCUT2D eigenvalue weighted by molar-refractivity contribution is 5.95. The van der Waals surface area contributed by atoms with Crippen molar-refractivity contribution in [3.63, 3.8) is 0 Å². The number of rotatable bonds is 7. The van der Waals surface area contributed by atoms with Crippen molar-refractivity contribution in [2.75, 3.05) is 13.1 Å². The van der Waals surface area contributed by atoms with Crippen molar-refractivity contribution >= 4 is 23.2 Å². The van der Waals surface area contributed by atoms with Gasteiger partial charge in [-0.05, 0) is 38.1 Å². The van der Waals surface area contributed by atoms with Crippen molar-refractivity contribution in [2.24, 2.45) is 0 Å². The van der Waals surface area contributed by atoms with Gasteiger partial charge in [0.25, 0.3) is 23.2 Å². The maximum absolute atomic E-state index is 12.1. The van der Waals surface area contributed by atoms with Crippen LogP contribution >= 0.6 is 0 Å². The number of aryl methyl sites for hydroxylation is 2. The van der Waals surface area contributed by atoms with Crippen molar-refractivity contribution in [3.05, 3.63) is 78.9 Å². The van der Waals surface area contributed by atoms with Crippen LogP contribution in [-0.2, 0) is 0 Å². The van der Waals surface area contributed by atoms with E-state index in [2.05, 4.69) is 10.6 Å². The van der Waals surface area contributed by atoms with Gasteiger partial charge in [-0.1, -0.05) is 0 Å². The topological polar surface area (TPSA) is 144 Å². The second kappa shape index (κ2) is 8.71. The summed E-state index contributed by atoms with van der Waals surface area (Å²) in [4.78, 5) is 44.7. The van der Waals surface area contributed by atoms with E-state index in [1.807, 2.05) is 0 Å². The molecule has 0 aliphatic heterocycles. The smallest absolute Gasteiger partial charge is 0.272 e. The fourth-order valence-corrected chi connectivity index (χ4v) is 2.56. The highest BCUT2D eigenvalue weighted by Gasteiger charge is 2.15. The van der Waals surface area contributed by atoms with E-state index in [0.717, 1.165) is 0 Å². The Kier molecular flexibility index (Phi) is 6.38. The van der Waals surface area contributed by atoms with Crippen LogP contribution in [-0.4, -0.2) is 34.8 Å². The van der Waals surface area contributed by atoms with Gasteiger partial charge >= 0.3 is 0 Å². The third-order valence-corrected chi connectivity index (χ3v) is 4.01. The van der Waals surface area contributed by atoms with Crippen molar-refractivity contribution < 1.29 is 19.4 Å². The molecule has 0 fully saturated rings. The van der Waals surface area contributed by atoms with Gasteiger partial charge in [-0.15, -0.1) is 0 Å². The number of carbonyl (C=O) groups is 2. The number of nitrogens with one attached hydrogen (secondary N) is 2. The second-order valence-corrected chi connectivity index (χ2v) is 6.03. The van der Waals surface area contributed by atoms with E-state index in [1.165, 1.54) is 36.4 Å². The molecule has 0 aliphatic carbocycles. The van der Waals surface area contributed by atoms with Gasteiger partial charge in [0, 0.05) is 47.5 Å². The van der Waals surface area contributed by atoms with Crippen molar-refractivity contribution in [1.29, 1.82) is 0 Å². The van der Waals surface area contributed by atoms with Crippen LogP contribution in [0.1, 0.15) is 31.8 Å². The number of amides is 2. The molecular weight excluding hydrogens is 368 g/mol. The number of carbonyl (C=O) groups excluding carboxylic acids is 2. The minimum Gasteiger partial charge on any atom is -0.350 e. The highest BCUT2D eigenvalue weighted by Crippen LogP contribution is 2.19. The standard InChI is InChI=1S/C18H18N4O6/c1-11-9-13(3-5-15(11)21(25)26)17(23)19-7-8-20-18(24)14-4-6-16(22(27)28)12(2)10-14/h3-6,9-10H,7-8H2,1-2H3,(H,19,23)(H,20,24). The molecule has 146 valence electrons. The Morgan fingerprint density at radius 2 is 1.14 bits per heavy atom. The summed E-state index contributed by atoms with van der Waals surface area (Å²) in [5.74, 6) is -0.836. The average molecular weight is 386 g/mol. The zero-order chi connectivity index (χ0) is 20.8. The summed E-state index contributed by atoms with van der Waals surface area (Å²) >= 11 is 0. The lowest BCUT2D eigenvalue weighted by Gasteiger charge is -2.08. The molecule has 0 heterocycles. The lowest BCUT2D eigenvalue weighted by molar-refractivity contribution is -0.385. The summed E-state index contributed by atoms with van der Waals surface area (Å²) in [6.07, 6.45) is 0. The number of hydrogen-bond donors (Lipinski definition) is 2. The minimum atomic E-state index is -0.521. The van der Waals surface area contributed by atoms with Gasteiger partial charge in [0.05, 0.1) is 9.85 Å².